The molecule has 0 heterocycles. The van der Waals surface area contributed by atoms with Crippen LogP contribution in [-0.2, 0) is 24.8 Å². The fraction of sp³-hybridized carbons (Fsp3) is 0.320. The fourth-order valence-corrected chi connectivity index (χ4v) is 3.87. The van der Waals surface area contributed by atoms with Crippen molar-refractivity contribution in [3.05, 3.63) is 95.5 Å². The number of esters is 1. The first-order valence-corrected chi connectivity index (χ1v) is 10.1. The maximum Gasteiger partial charge on any atom is 0.333 e. The van der Waals surface area contributed by atoms with Crippen molar-refractivity contribution in [1.29, 1.82) is 0 Å². The van der Waals surface area contributed by atoms with Crippen molar-refractivity contribution < 1.29 is 19.4 Å². The summed E-state index contributed by atoms with van der Waals surface area (Å²) >= 11 is 0. The van der Waals surface area contributed by atoms with Crippen molar-refractivity contribution in [3.63, 3.8) is 0 Å². The Morgan fingerprint density at radius 3 is 2.03 bits per heavy atom. The Morgan fingerprint density at radius 2 is 1.52 bits per heavy atom. The molecule has 1 radical (unpaired) electrons. The van der Waals surface area contributed by atoms with Crippen LogP contribution >= 0.6 is 0 Å². The molecule has 4 nitrogen and oxygen atoms in total. The van der Waals surface area contributed by atoms with Gasteiger partial charge in [0, 0.05) is 23.5 Å². The van der Waals surface area contributed by atoms with Gasteiger partial charge in [-0.2, -0.15) is 0 Å². The first-order valence-electron chi connectivity index (χ1n) is 10.1. The number of hydrogen-bond acceptors (Lipinski definition) is 3. The summed E-state index contributed by atoms with van der Waals surface area (Å²) in [6.07, 6.45) is 4.49. The van der Waals surface area contributed by atoms with E-state index in [0.29, 0.717) is 18.8 Å². The Hall–Kier alpha value is -3.01. The van der Waals surface area contributed by atoms with Crippen LogP contribution in [0.1, 0.15) is 37.8 Å². The van der Waals surface area contributed by atoms with E-state index in [1.54, 1.807) is 13.8 Å². The van der Waals surface area contributed by atoms with E-state index in [1.165, 1.54) is 17.2 Å². The molecule has 29 heavy (non-hydrogen) atoms. The Labute approximate surface area is 172 Å². The van der Waals surface area contributed by atoms with Gasteiger partial charge in [0.15, 0.2) is 0 Å². The largest absolute Gasteiger partial charge is 0.463 e. The van der Waals surface area contributed by atoms with Crippen LogP contribution < -0.4 is 0 Å². The van der Waals surface area contributed by atoms with Crippen molar-refractivity contribution in [2.75, 3.05) is 13.2 Å². The van der Waals surface area contributed by atoms with Crippen molar-refractivity contribution in [2.24, 2.45) is 5.92 Å². The lowest BCUT2D eigenvalue weighted by atomic mass is 9.85. The van der Waals surface area contributed by atoms with Gasteiger partial charge in [0.1, 0.15) is 0 Å². The number of rotatable bonds is 9. The Balaban J connectivity index is 1.94. The van der Waals surface area contributed by atoms with Gasteiger partial charge in [-0.3, -0.25) is 0 Å². The predicted octanol–water partition coefficient (Wildman–Crippen LogP) is 5.18. The highest BCUT2D eigenvalue weighted by Gasteiger charge is 2.55. The summed E-state index contributed by atoms with van der Waals surface area (Å²) in [7, 11) is 0. The summed E-state index contributed by atoms with van der Waals surface area (Å²) in [4.78, 5) is 12.5. The van der Waals surface area contributed by atoms with E-state index in [4.69, 9.17) is 9.47 Å². The van der Waals surface area contributed by atoms with E-state index in [0.717, 1.165) is 6.42 Å². The normalized spacial score (nSPS) is 18.2. The SMILES string of the molecule is CCOC(=O)/C(=C\C1CC1(c1ccccc1)c1ccccc1)CC=C([O])OCC. The quantitative estimate of drug-likeness (QED) is 0.336. The molecule has 2 aromatic rings. The second-order valence-electron chi connectivity index (χ2n) is 7.09. The first kappa shape index (κ1) is 20.7. The van der Waals surface area contributed by atoms with Gasteiger partial charge in [0.2, 0.25) is 0 Å². The highest BCUT2D eigenvalue weighted by atomic mass is 16.6. The Morgan fingerprint density at radius 1 is 0.966 bits per heavy atom. The van der Waals surface area contributed by atoms with E-state index >= 15 is 0 Å². The number of ether oxygens (including phenoxy) is 2. The Bertz CT molecular complexity index is 829. The van der Waals surface area contributed by atoms with Crippen LogP contribution in [0.3, 0.4) is 0 Å². The number of benzene rings is 2. The van der Waals surface area contributed by atoms with Crippen LogP contribution in [0.2, 0.25) is 0 Å². The van der Waals surface area contributed by atoms with Crippen LogP contribution in [0.25, 0.3) is 0 Å². The highest BCUT2D eigenvalue weighted by molar-refractivity contribution is 5.89. The van der Waals surface area contributed by atoms with Gasteiger partial charge in [-0.1, -0.05) is 66.7 Å². The third kappa shape index (κ3) is 4.70. The molecular weight excluding hydrogens is 364 g/mol. The maximum atomic E-state index is 12.5. The smallest absolute Gasteiger partial charge is 0.333 e. The van der Waals surface area contributed by atoms with Crippen LogP contribution in [0, 0.1) is 5.92 Å². The molecule has 0 amide bonds. The molecule has 1 aliphatic rings. The van der Waals surface area contributed by atoms with Crippen molar-refractivity contribution in [1.82, 2.24) is 0 Å². The fourth-order valence-electron chi connectivity index (χ4n) is 3.87. The Kier molecular flexibility index (Phi) is 6.76. The lowest BCUT2D eigenvalue weighted by Crippen LogP contribution is -2.13. The molecule has 151 valence electrons. The maximum absolute atomic E-state index is 12.5. The number of allylic oxidation sites excluding steroid dienone is 2. The average Bonchev–Trinajstić information content (AvgIpc) is 3.48. The number of carbonyl (C=O) groups is 1. The van der Waals surface area contributed by atoms with Gasteiger partial charge >= 0.3 is 11.9 Å². The molecule has 0 N–H and O–H groups in total. The zero-order valence-corrected chi connectivity index (χ0v) is 17.0. The third-order valence-corrected chi connectivity index (χ3v) is 5.31. The molecule has 4 heteroatoms. The summed E-state index contributed by atoms with van der Waals surface area (Å²) in [5, 5.41) is 11.7. The van der Waals surface area contributed by atoms with E-state index in [9.17, 15) is 9.90 Å². The van der Waals surface area contributed by atoms with E-state index < -0.39 is 5.95 Å². The molecule has 0 spiro atoms. The minimum Gasteiger partial charge on any atom is -0.463 e. The molecule has 0 aromatic heterocycles. The minimum absolute atomic E-state index is 0.155. The first-order chi connectivity index (χ1) is 14.1. The molecule has 1 aliphatic carbocycles. The second-order valence-corrected chi connectivity index (χ2v) is 7.09. The monoisotopic (exact) mass is 391 g/mol. The van der Waals surface area contributed by atoms with Crippen LogP contribution in [0.5, 0.6) is 0 Å². The molecule has 0 bridgehead atoms. The number of carbonyl (C=O) groups excluding carboxylic acids is 1. The van der Waals surface area contributed by atoms with Gasteiger partial charge in [-0.15, -0.1) is 0 Å². The second kappa shape index (κ2) is 9.46. The van der Waals surface area contributed by atoms with Crippen molar-refractivity contribution >= 4 is 5.97 Å². The summed E-state index contributed by atoms with van der Waals surface area (Å²) in [5.74, 6) is -0.645. The van der Waals surface area contributed by atoms with E-state index in [1.807, 2.05) is 42.5 Å². The van der Waals surface area contributed by atoms with E-state index in [-0.39, 0.29) is 23.7 Å². The van der Waals surface area contributed by atoms with Gasteiger partial charge in [0.25, 0.3) is 0 Å². The molecule has 0 aliphatic heterocycles. The standard InChI is InChI=1S/C25H27O4/c1-3-28-23(26)16-15-19(24(27)29-4-2)17-22-18-25(22,20-11-7-5-8-12-20)21-13-9-6-10-14-21/h5-14,16-17,22H,3-4,15,18H2,1-2H3/b19-17-,23-16?. The molecule has 1 unspecified atom stereocenters. The average molecular weight is 391 g/mol. The molecule has 1 fully saturated rings. The van der Waals surface area contributed by atoms with Gasteiger partial charge in [-0.25, -0.2) is 9.90 Å². The minimum atomic E-state index is -0.420. The zero-order chi connectivity index (χ0) is 20.7. The topological polar surface area (TPSA) is 55.4 Å². The predicted molar refractivity (Wildman–Crippen MR) is 111 cm³/mol. The van der Waals surface area contributed by atoms with Crippen LogP contribution in [-0.4, -0.2) is 19.2 Å². The van der Waals surface area contributed by atoms with Crippen LogP contribution in [0.4, 0.5) is 0 Å². The summed E-state index contributed by atoms with van der Waals surface area (Å²) < 4.78 is 10.2. The molecular formula is C25H27O4. The molecule has 0 saturated heterocycles. The lowest BCUT2D eigenvalue weighted by molar-refractivity contribution is -0.138. The lowest BCUT2D eigenvalue weighted by Gasteiger charge is -2.18. The van der Waals surface area contributed by atoms with Crippen molar-refractivity contribution in [3.8, 4) is 0 Å². The molecule has 1 atom stereocenters. The van der Waals surface area contributed by atoms with Gasteiger partial charge < -0.3 is 9.47 Å². The van der Waals surface area contributed by atoms with E-state index in [2.05, 4.69) is 24.3 Å². The summed E-state index contributed by atoms with van der Waals surface area (Å²) in [6, 6.07) is 20.7. The summed E-state index contributed by atoms with van der Waals surface area (Å²) in [6.45, 7) is 4.14. The van der Waals surface area contributed by atoms with Gasteiger partial charge in [-0.05, 0) is 37.3 Å². The third-order valence-electron chi connectivity index (χ3n) is 5.31. The van der Waals surface area contributed by atoms with Gasteiger partial charge in [0.05, 0.1) is 13.2 Å². The van der Waals surface area contributed by atoms with Crippen molar-refractivity contribution in [2.45, 2.75) is 32.1 Å². The number of hydrogen-bond donors (Lipinski definition) is 0. The summed E-state index contributed by atoms with van der Waals surface area (Å²) in [5.41, 5.74) is 2.79. The highest BCUT2D eigenvalue weighted by Crippen LogP contribution is 2.59. The molecule has 1 saturated carbocycles. The van der Waals surface area contributed by atoms with Crippen LogP contribution in [0.15, 0.2) is 84.3 Å². The molecule has 3 rings (SSSR count). The zero-order valence-electron chi connectivity index (χ0n) is 17.0. The molecule has 2 aromatic carbocycles.